The highest BCUT2D eigenvalue weighted by Gasteiger charge is 2.53. The topological polar surface area (TPSA) is 114 Å². The fourth-order valence-electron chi connectivity index (χ4n) is 6.02. The molecule has 0 unspecified atom stereocenters. The van der Waals surface area contributed by atoms with Crippen molar-refractivity contribution >= 4 is 34.1 Å². The average Bonchev–Trinajstić information content (AvgIpc) is 3.72. The Morgan fingerprint density at radius 2 is 1.86 bits per heavy atom. The Hall–Kier alpha value is -2.90. The molecule has 1 aromatic heterocycles. The van der Waals surface area contributed by atoms with Gasteiger partial charge in [-0.2, -0.15) is 0 Å². The first-order valence-electron chi connectivity index (χ1n) is 14.9. The number of piperazine rings is 1. The lowest BCUT2D eigenvalue weighted by atomic mass is 9.87. The first kappa shape index (κ1) is 31.5. The van der Waals surface area contributed by atoms with Gasteiger partial charge in [0.2, 0.25) is 5.91 Å². The van der Waals surface area contributed by atoms with Crippen molar-refractivity contribution in [2.45, 2.75) is 51.5 Å². The van der Waals surface area contributed by atoms with E-state index in [2.05, 4.69) is 15.1 Å². The number of ether oxygens (including phenoxy) is 3. The smallest absolute Gasteiger partial charge is 0.251 e. The Kier molecular flexibility index (Phi) is 9.82. The number of benzene rings is 1. The number of carbonyl (C=O) groups is 3. The minimum absolute atomic E-state index is 0.0341. The number of fused-ring (bicyclic) bond motifs is 1. The van der Waals surface area contributed by atoms with Gasteiger partial charge < -0.3 is 29.3 Å². The van der Waals surface area contributed by atoms with Gasteiger partial charge in [0.25, 0.3) is 5.91 Å². The summed E-state index contributed by atoms with van der Waals surface area (Å²) in [5, 5.41) is 6.01. The number of methoxy groups -OCH3 is 2. The molecular formula is C31H43N5O6S. The molecule has 0 radical (unpaired) electrons. The number of hydrogen-bond acceptors (Lipinski definition) is 10. The monoisotopic (exact) mass is 613 g/mol. The SMILES string of the molecule is COCCN1CCN(c2nc(-c3ccc(C(=O)N[C@@H](CC(C)(C)C)C(=O)N4C[C@@H](OC)[C@H]5OCC(=O)[C@H]54)cc3)cs2)CC1. The summed E-state index contributed by atoms with van der Waals surface area (Å²) in [6, 6.07) is 5.82. The van der Waals surface area contributed by atoms with E-state index in [-0.39, 0.29) is 42.3 Å². The van der Waals surface area contributed by atoms with Gasteiger partial charge in [-0.25, -0.2) is 4.98 Å². The summed E-state index contributed by atoms with van der Waals surface area (Å²) in [6.07, 6.45) is -0.439. The van der Waals surface area contributed by atoms with Gasteiger partial charge >= 0.3 is 0 Å². The number of nitrogens with zero attached hydrogens (tertiary/aromatic N) is 4. The highest BCUT2D eigenvalue weighted by molar-refractivity contribution is 7.14. The van der Waals surface area contributed by atoms with Crippen molar-refractivity contribution in [1.29, 1.82) is 0 Å². The number of rotatable bonds is 10. The molecule has 0 spiro atoms. The highest BCUT2D eigenvalue weighted by atomic mass is 32.1. The van der Waals surface area contributed by atoms with Gasteiger partial charge in [0, 0.05) is 63.5 Å². The van der Waals surface area contributed by atoms with Gasteiger partial charge in [-0.05, 0) is 24.0 Å². The van der Waals surface area contributed by atoms with Crippen LogP contribution in [0.25, 0.3) is 11.3 Å². The number of anilines is 1. The fraction of sp³-hybridized carbons (Fsp3) is 0.613. The van der Waals surface area contributed by atoms with Crippen LogP contribution in [0.3, 0.4) is 0 Å². The number of aromatic nitrogens is 1. The van der Waals surface area contributed by atoms with Crippen LogP contribution in [-0.2, 0) is 23.8 Å². The second-order valence-electron chi connectivity index (χ2n) is 12.7. The maximum atomic E-state index is 13.8. The van der Waals surface area contributed by atoms with E-state index in [1.165, 1.54) is 4.90 Å². The molecule has 3 aliphatic rings. The molecule has 12 heteroatoms. The van der Waals surface area contributed by atoms with Crippen LogP contribution in [0.4, 0.5) is 5.13 Å². The number of Topliss-reactive ketones (excluding diaryl/α,β-unsaturated/α-hetero) is 1. The van der Waals surface area contributed by atoms with Crippen molar-refractivity contribution in [3.63, 3.8) is 0 Å². The molecule has 5 rings (SSSR count). The molecular weight excluding hydrogens is 570 g/mol. The molecule has 2 amide bonds. The third-order valence-corrected chi connectivity index (χ3v) is 9.23. The zero-order chi connectivity index (χ0) is 30.7. The standard InChI is InChI=1S/C31H43N5O6S/c1-31(2,3)16-22(29(39)36-17-25(41-5)27-26(36)24(37)18-42-27)32-28(38)21-8-6-20(7-9-21)23-19-43-30(33-23)35-12-10-34(11-13-35)14-15-40-4/h6-9,19,22,25-27H,10-18H2,1-5H3,(H,32,38)/t22-,25+,26+,27+/m0/s1. The quantitative estimate of drug-likeness (QED) is 0.431. The molecule has 3 aliphatic heterocycles. The number of nitrogens with one attached hydrogen (secondary N) is 1. The van der Waals surface area contributed by atoms with Crippen molar-refractivity contribution < 1.29 is 28.6 Å². The summed E-state index contributed by atoms with van der Waals surface area (Å²) in [6.45, 7) is 11.8. The van der Waals surface area contributed by atoms with E-state index >= 15 is 0 Å². The summed E-state index contributed by atoms with van der Waals surface area (Å²) in [5.41, 5.74) is 2.00. The van der Waals surface area contributed by atoms with Crippen LogP contribution in [-0.4, -0.2) is 123 Å². The van der Waals surface area contributed by atoms with Crippen molar-refractivity contribution in [2.75, 3.05) is 71.6 Å². The first-order chi connectivity index (χ1) is 20.6. The normalized spacial score (nSPS) is 23.5. The number of thiazole rings is 1. The fourth-order valence-corrected chi connectivity index (χ4v) is 6.91. The van der Waals surface area contributed by atoms with E-state index < -0.39 is 18.2 Å². The van der Waals surface area contributed by atoms with Crippen LogP contribution in [0.1, 0.15) is 37.6 Å². The predicted molar refractivity (Wildman–Crippen MR) is 164 cm³/mol. The van der Waals surface area contributed by atoms with Crippen LogP contribution >= 0.6 is 11.3 Å². The van der Waals surface area contributed by atoms with Crippen LogP contribution in [0.2, 0.25) is 0 Å². The summed E-state index contributed by atoms with van der Waals surface area (Å²) in [4.78, 5) is 50.9. The van der Waals surface area contributed by atoms with E-state index in [9.17, 15) is 14.4 Å². The minimum Gasteiger partial charge on any atom is -0.383 e. The molecule has 1 aromatic carbocycles. The number of ketones is 1. The maximum absolute atomic E-state index is 13.8. The largest absolute Gasteiger partial charge is 0.383 e. The van der Waals surface area contributed by atoms with E-state index in [1.54, 1.807) is 37.7 Å². The third-order valence-electron chi connectivity index (χ3n) is 8.33. The van der Waals surface area contributed by atoms with E-state index in [0.29, 0.717) is 12.0 Å². The molecule has 4 heterocycles. The van der Waals surface area contributed by atoms with Crippen LogP contribution < -0.4 is 10.2 Å². The zero-order valence-electron chi connectivity index (χ0n) is 25.7. The molecule has 0 bridgehead atoms. The Balaban J connectivity index is 1.24. The molecule has 1 N–H and O–H groups in total. The summed E-state index contributed by atoms with van der Waals surface area (Å²) >= 11 is 1.63. The van der Waals surface area contributed by atoms with Crippen LogP contribution in [0.5, 0.6) is 0 Å². The summed E-state index contributed by atoms with van der Waals surface area (Å²) in [7, 11) is 3.28. The molecule has 0 aliphatic carbocycles. The Labute approximate surface area is 257 Å². The molecule has 234 valence electrons. The second-order valence-corrected chi connectivity index (χ2v) is 13.5. The number of carbonyl (C=O) groups excluding carboxylic acids is 3. The molecule has 2 aromatic rings. The number of hydrogen-bond donors (Lipinski definition) is 1. The lowest BCUT2D eigenvalue weighted by Gasteiger charge is -2.34. The van der Waals surface area contributed by atoms with Crippen LogP contribution in [0.15, 0.2) is 29.6 Å². The summed E-state index contributed by atoms with van der Waals surface area (Å²) < 4.78 is 16.3. The molecule has 4 atom stereocenters. The van der Waals surface area contributed by atoms with Crippen molar-refractivity contribution in [1.82, 2.24) is 20.1 Å². The molecule has 43 heavy (non-hydrogen) atoms. The van der Waals surface area contributed by atoms with Gasteiger partial charge in [-0.1, -0.05) is 32.9 Å². The van der Waals surface area contributed by atoms with Gasteiger partial charge in [-0.3, -0.25) is 19.3 Å². The van der Waals surface area contributed by atoms with Gasteiger partial charge in [0.15, 0.2) is 10.9 Å². The van der Waals surface area contributed by atoms with Gasteiger partial charge in [-0.15, -0.1) is 11.3 Å². The summed E-state index contributed by atoms with van der Waals surface area (Å²) in [5.74, 6) is -0.765. The van der Waals surface area contributed by atoms with Gasteiger partial charge in [0.05, 0.1) is 18.8 Å². The Morgan fingerprint density at radius 1 is 1.14 bits per heavy atom. The predicted octanol–water partition coefficient (Wildman–Crippen LogP) is 2.31. The maximum Gasteiger partial charge on any atom is 0.251 e. The Bertz CT molecular complexity index is 1290. The zero-order valence-corrected chi connectivity index (χ0v) is 26.5. The third kappa shape index (κ3) is 7.26. The van der Waals surface area contributed by atoms with Crippen molar-refractivity contribution in [3.8, 4) is 11.3 Å². The molecule has 11 nitrogen and oxygen atoms in total. The van der Waals surface area contributed by atoms with Crippen molar-refractivity contribution in [3.05, 3.63) is 35.2 Å². The lowest BCUT2D eigenvalue weighted by Crippen LogP contribution is -2.53. The average molecular weight is 614 g/mol. The van der Waals surface area contributed by atoms with Gasteiger partial charge in [0.1, 0.15) is 30.9 Å². The van der Waals surface area contributed by atoms with Crippen LogP contribution in [0, 0.1) is 5.41 Å². The van der Waals surface area contributed by atoms with E-state index in [1.807, 2.05) is 38.3 Å². The number of likely N-dealkylation sites (tertiary alicyclic amines) is 1. The highest BCUT2D eigenvalue weighted by Crippen LogP contribution is 2.32. The lowest BCUT2D eigenvalue weighted by molar-refractivity contribution is -0.138. The first-order valence-corrected chi connectivity index (χ1v) is 15.8. The molecule has 3 saturated heterocycles. The number of amides is 2. The molecule has 3 fully saturated rings. The Morgan fingerprint density at radius 3 is 2.51 bits per heavy atom. The van der Waals surface area contributed by atoms with E-state index in [0.717, 1.165) is 55.7 Å². The van der Waals surface area contributed by atoms with Crippen molar-refractivity contribution in [2.24, 2.45) is 5.41 Å². The second kappa shape index (κ2) is 13.4. The van der Waals surface area contributed by atoms with E-state index in [4.69, 9.17) is 19.2 Å². The minimum atomic E-state index is -0.798. The molecule has 0 saturated carbocycles.